The van der Waals surface area contributed by atoms with Crippen molar-refractivity contribution < 1.29 is 27.4 Å². The molecule has 0 aliphatic rings. The van der Waals surface area contributed by atoms with Gasteiger partial charge in [0.1, 0.15) is 11.6 Å². The van der Waals surface area contributed by atoms with E-state index < -0.39 is 18.9 Å². The second kappa shape index (κ2) is 10.7. The van der Waals surface area contributed by atoms with E-state index in [-0.39, 0.29) is 24.7 Å². The number of hydrogen-bond donors (Lipinski definition) is 3. The summed E-state index contributed by atoms with van der Waals surface area (Å²) in [5, 5.41) is 16.2. The highest BCUT2D eigenvalue weighted by atomic mass is 19.4. The Morgan fingerprint density at radius 1 is 1.07 bits per heavy atom. The number of benzene rings is 2. The number of aliphatic hydroxyl groups is 1. The van der Waals surface area contributed by atoms with Gasteiger partial charge in [0, 0.05) is 13.1 Å². The van der Waals surface area contributed by atoms with E-state index in [2.05, 4.69) is 20.4 Å². The fraction of sp³-hybridized carbons (Fsp3) is 0.350. The first-order chi connectivity index (χ1) is 13.8. The molecular formula is C20H23F4N3O2. The smallest absolute Gasteiger partial charge is 0.422 e. The Bertz CT molecular complexity index is 778. The summed E-state index contributed by atoms with van der Waals surface area (Å²) in [4.78, 5) is 4.38. The highest BCUT2D eigenvalue weighted by molar-refractivity contribution is 5.79. The van der Waals surface area contributed by atoms with E-state index in [1.165, 1.54) is 36.4 Å². The molecule has 158 valence electrons. The van der Waals surface area contributed by atoms with E-state index >= 15 is 0 Å². The summed E-state index contributed by atoms with van der Waals surface area (Å²) >= 11 is 0. The molecule has 2 rings (SSSR count). The predicted molar refractivity (Wildman–Crippen MR) is 102 cm³/mol. The Morgan fingerprint density at radius 2 is 1.72 bits per heavy atom. The van der Waals surface area contributed by atoms with Gasteiger partial charge in [-0.1, -0.05) is 24.3 Å². The van der Waals surface area contributed by atoms with Crippen LogP contribution in [-0.4, -0.2) is 36.9 Å². The summed E-state index contributed by atoms with van der Waals surface area (Å²) in [6, 6.07) is 11.7. The molecule has 2 aromatic rings. The molecule has 0 saturated carbocycles. The van der Waals surface area contributed by atoms with Crippen LogP contribution in [0.1, 0.15) is 24.2 Å². The minimum atomic E-state index is -4.38. The van der Waals surface area contributed by atoms with Crippen molar-refractivity contribution in [2.24, 2.45) is 4.99 Å². The molecule has 0 aliphatic heterocycles. The third-order valence-electron chi connectivity index (χ3n) is 3.81. The monoisotopic (exact) mass is 413 g/mol. The molecule has 2 aromatic carbocycles. The average Bonchev–Trinajstić information content (AvgIpc) is 2.69. The number of nitrogens with zero attached hydrogens (tertiary/aromatic N) is 1. The molecule has 0 bridgehead atoms. The van der Waals surface area contributed by atoms with Crippen LogP contribution in [0.15, 0.2) is 53.5 Å². The van der Waals surface area contributed by atoms with Crippen molar-refractivity contribution in [2.75, 3.05) is 19.7 Å². The summed E-state index contributed by atoms with van der Waals surface area (Å²) in [6.45, 7) is 1.60. The van der Waals surface area contributed by atoms with Crippen LogP contribution < -0.4 is 15.4 Å². The summed E-state index contributed by atoms with van der Waals surface area (Å²) in [5.74, 6) is 0.215. The fourth-order valence-corrected chi connectivity index (χ4v) is 2.36. The minimum Gasteiger partial charge on any atom is -0.484 e. The topological polar surface area (TPSA) is 65.9 Å². The molecule has 9 heteroatoms. The molecular weight excluding hydrogens is 390 g/mol. The van der Waals surface area contributed by atoms with Crippen LogP contribution in [-0.2, 0) is 6.54 Å². The Hall–Kier alpha value is -2.81. The van der Waals surface area contributed by atoms with Gasteiger partial charge in [0.05, 0.1) is 12.6 Å². The number of guanidine groups is 1. The van der Waals surface area contributed by atoms with Crippen LogP contribution >= 0.6 is 0 Å². The number of aliphatic hydroxyl groups excluding tert-OH is 1. The van der Waals surface area contributed by atoms with Crippen LogP contribution in [0, 0.1) is 5.82 Å². The van der Waals surface area contributed by atoms with Crippen molar-refractivity contribution in [3.8, 4) is 5.75 Å². The number of halogens is 4. The number of aliphatic imine (C=N–C) groups is 1. The predicted octanol–water partition coefficient (Wildman–Crippen LogP) is 3.56. The van der Waals surface area contributed by atoms with E-state index in [4.69, 9.17) is 0 Å². The fourth-order valence-electron chi connectivity index (χ4n) is 2.36. The lowest BCUT2D eigenvalue weighted by molar-refractivity contribution is -0.153. The van der Waals surface area contributed by atoms with Crippen molar-refractivity contribution in [2.45, 2.75) is 25.7 Å². The maximum atomic E-state index is 13.0. The zero-order valence-corrected chi connectivity index (χ0v) is 15.8. The Labute approximate surface area is 166 Å². The summed E-state index contributed by atoms with van der Waals surface area (Å²) in [7, 11) is 0. The third-order valence-corrected chi connectivity index (χ3v) is 3.81. The SMILES string of the molecule is CCNC(=NCc1ccc(OCC(F)(F)F)cc1)NCC(O)c1ccc(F)cc1. The molecule has 0 fully saturated rings. The number of rotatable bonds is 8. The lowest BCUT2D eigenvalue weighted by Gasteiger charge is -2.15. The second-order valence-corrected chi connectivity index (χ2v) is 6.19. The van der Waals surface area contributed by atoms with Crippen molar-refractivity contribution in [3.05, 3.63) is 65.5 Å². The van der Waals surface area contributed by atoms with Crippen LogP contribution in [0.4, 0.5) is 17.6 Å². The van der Waals surface area contributed by atoms with Crippen molar-refractivity contribution >= 4 is 5.96 Å². The number of alkyl halides is 3. The van der Waals surface area contributed by atoms with E-state index in [1.54, 1.807) is 12.1 Å². The molecule has 0 heterocycles. The molecule has 0 spiro atoms. The Kier molecular flexibility index (Phi) is 8.26. The van der Waals surface area contributed by atoms with Crippen molar-refractivity contribution in [1.82, 2.24) is 10.6 Å². The summed E-state index contributed by atoms with van der Waals surface area (Å²) in [6.07, 6.45) is -5.22. The number of nitrogens with one attached hydrogen (secondary N) is 2. The molecule has 1 unspecified atom stereocenters. The largest absolute Gasteiger partial charge is 0.484 e. The van der Waals surface area contributed by atoms with Crippen molar-refractivity contribution in [3.63, 3.8) is 0 Å². The molecule has 0 aliphatic carbocycles. The van der Waals surface area contributed by atoms with E-state index in [0.29, 0.717) is 18.1 Å². The van der Waals surface area contributed by atoms with Crippen LogP contribution in [0.5, 0.6) is 5.75 Å². The summed E-state index contributed by atoms with van der Waals surface area (Å²) in [5.41, 5.74) is 1.35. The van der Waals surface area contributed by atoms with E-state index in [0.717, 1.165) is 5.56 Å². The van der Waals surface area contributed by atoms with E-state index in [9.17, 15) is 22.7 Å². The standard InChI is InChI=1S/C20H23F4N3O2/c1-2-25-19(27-12-18(28)15-5-7-16(21)8-6-15)26-11-14-3-9-17(10-4-14)29-13-20(22,23)24/h3-10,18,28H,2,11-13H2,1H3,(H2,25,26,27). The first-order valence-electron chi connectivity index (χ1n) is 9.01. The molecule has 0 amide bonds. The lowest BCUT2D eigenvalue weighted by atomic mass is 10.1. The van der Waals surface area contributed by atoms with Gasteiger partial charge >= 0.3 is 6.18 Å². The van der Waals surface area contributed by atoms with Gasteiger partial charge < -0.3 is 20.5 Å². The maximum absolute atomic E-state index is 13.0. The average molecular weight is 413 g/mol. The van der Waals surface area contributed by atoms with Crippen LogP contribution in [0.3, 0.4) is 0 Å². The quantitative estimate of drug-likeness (QED) is 0.352. The van der Waals surface area contributed by atoms with Crippen LogP contribution in [0.25, 0.3) is 0 Å². The Morgan fingerprint density at radius 3 is 2.31 bits per heavy atom. The highest BCUT2D eigenvalue weighted by Gasteiger charge is 2.28. The third kappa shape index (κ3) is 8.39. The molecule has 1 atom stereocenters. The molecule has 0 saturated heterocycles. The zero-order chi connectivity index (χ0) is 21.3. The van der Waals surface area contributed by atoms with Gasteiger partial charge in [-0.05, 0) is 42.3 Å². The number of hydrogen-bond acceptors (Lipinski definition) is 3. The lowest BCUT2D eigenvalue weighted by Crippen LogP contribution is -2.39. The van der Waals surface area contributed by atoms with Gasteiger partial charge in [-0.2, -0.15) is 13.2 Å². The molecule has 29 heavy (non-hydrogen) atoms. The minimum absolute atomic E-state index is 0.127. The first-order valence-corrected chi connectivity index (χ1v) is 9.01. The summed E-state index contributed by atoms with van der Waals surface area (Å²) < 4.78 is 54.1. The van der Waals surface area contributed by atoms with Crippen molar-refractivity contribution in [1.29, 1.82) is 0 Å². The van der Waals surface area contributed by atoms with Gasteiger partial charge in [0.2, 0.25) is 0 Å². The van der Waals surface area contributed by atoms with Crippen LogP contribution in [0.2, 0.25) is 0 Å². The second-order valence-electron chi connectivity index (χ2n) is 6.19. The highest BCUT2D eigenvalue weighted by Crippen LogP contribution is 2.19. The van der Waals surface area contributed by atoms with Gasteiger partial charge in [0.15, 0.2) is 12.6 Å². The molecule has 5 nitrogen and oxygen atoms in total. The maximum Gasteiger partial charge on any atom is 0.422 e. The van der Waals surface area contributed by atoms with Gasteiger partial charge in [0.25, 0.3) is 0 Å². The molecule has 3 N–H and O–H groups in total. The van der Waals surface area contributed by atoms with Gasteiger partial charge in [-0.15, -0.1) is 0 Å². The Balaban J connectivity index is 1.90. The molecule has 0 aromatic heterocycles. The molecule has 0 radical (unpaired) electrons. The first kappa shape index (κ1) is 22.5. The van der Waals surface area contributed by atoms with Gasteiger partial charge in [-0.3, -0.25) is 0 Å². The number of ether oxygens (including phenoxy) is 1. The van der Waals surface area contributed by atoms with E-state index in [1.807, 2.05) is 6.92 Å². The van der Waals surface area contributed by atoms with Gasteiger partial charge in [-0.25, -0.2) is 9.38 Å². The normalized spacial score (nSPS) is 13.1. The zero-order valence-electron chi connectivity index (χ0n) is 15.8.